The Morgan fingerprint density at radius 1 is 1.22 bits per heavy atom. The summed E-state index contributed by atoms with van der Waals surface area (Å²) in [6, 6.07) is 9.54. The molecule has 2 aromatic rings. The second kappa shape index (κ2) is 9.05. The molecule has 0 fully saturated rings. The Kier molecular flexibility index (Phi) is 6.79. The van der Waals surface area contributed by atoms with Gasteiger partial charge in [0.1, 0.15) is 0 Å². The van der Waals surface area contributed by atoms with Gasteiger partial charge in [0.2, 0.25) is 0 Å². The van der Waals surface area contributed by atoms with Crippen LogP contribution >= 0.6 is 0 Å². The molecule has 0 aliphatic carbocycles. The maximum Gasteiger partial charge on any atom is 0.377 e. The Hall–Kier alpha value is -3.05. The van der Waals surface area contributed by atoms with Crippen LogP contribution in [-0.2, 0) is 35.4 Å². The van der Waals surface area contributed by atoms with E-state index in [9.17, 15) is 22.8 Å². The van der Waals surface area contributed by atoms with Crippen molar-refractivity contribution in [2.45, 2.75) is 12.9 Å². The average Bonchev–Trinajstić information content (AvgIpc) is 2.63. The van der Waals surface area contributed by atoms with Crippen LogP contribution in [0.15, 0.2) is 47.5 Å². The lowest BCUT2D eigenvalue weighted by Gasteiger charge is -2.17. The van der Waals surface area contributed by atoms with Gasteiger partial charge in [-0.1, -0.05) is 30.3 Å². The minimum Gasteiger partial charge on any atom is -0.445 e. The van der Waals surface area contributed by atoms with Gasteiger partial charge in [0.15, 0.2) is 21.5 Å². The molecule has 1 atom stereocenters. The van der Waals surface area contributed by atoms with E-state index < -0.39 is 39.6 Å². The summed E-state index contributed by atoms with van der Waals surface area (Å²) in [6.07, 6.45) is 0.00747. The largest absolute Gasteiger partial charge is 0.445 e. The van der Waals surface area contributed by atoms with E-state index >= 15 is 0 Å². The van der Waals surface area contributed by atoms with E-state index in [1.807, 2.05) is 0 Å². The van der Waals surface area contributed by atoms with E-state index in [1.54, 1.807) is 30.3 Å². The second-order valence-electron chi connectivity index (χ2n) is 5.34. The molecule has 0 saturated heterocycles. The molecular weight excluding hydrogens is 380 g/mol. The molecule has 1 heterocycles. The van der Waals surface area contributed by atoms with Crippen LogP contribution in [-0.4, -0.2) is 48.8 Å². The van der Waals surface area contributed by atoms with Crippen LogP contribution in [0.5, 0.6) is 0 Å². The smallest absolute Gasteiger partial charge is 0.377 e. The van der Waals surface area contributed by atoms with E-state index in [2.05, 4.69) is 14.7 Å². The standard InChI is InChI=1S/C16H16N2O8S/c1-27(22,23)10-25-15(21)16(24-8-11-5-3-2-4-6-11)26-14(20)12-7-13(19)18-9-17-12/h2-7,9,16H,8,10H2,1H3,(H,17,18,19). The zero-order valence-electron chi connectivity index (χ0n) is 14.2. The highest BCUT2D eigenvalue weighted by Gasteiger charge is 2.28. The third-order valence-electron chi connectivity index (χ3n) is 2.95. The summed E-state index contributed by atoms with van der Waals surface area (Å²) in [4.78, 5) is 41.2. The van der Waals surface area contributed by atoms with Crippen LogP contribution in [0, 0.1) is 0 Å². The predicted octanol–water partition coefficient (Wildman–Crippen LogP) is 0.0149. The van der Waals surface area contributed by atoms with Crippen LogP contribution in [0.3, 0.4) is 0 Å². The number of ether oxygens (including phenoxy) is 3. The van der Waals surface area contributed by atoms with Crippen molar-refractivity contribution in [3.05, 3.63) is 64.3 Å². The van der Waals surface area contributed by atoms with E-state index in [0.717, 1.165) is 18.6 Å². The fraction of sp³-hybridized carbons (Fsp3) is 0.250. The normalized spacial score (nSPS) is 12.2. The predicted molar refractivity (Wildman–Crippen MR) is 91.1 cm³/mol. The number of H-pyrrole nitrogens is 1. The number of hydrogen-bond donors (Lipinski definition) is 1. The molecule has 1 N–H and O–H groups in total. The zero-order valence-corrected chi connectivity index (χ0v) is 15.0. The molecule has 0 saturated carbocycles. The molecule has 1 aromatic carbocycles. The van der Waals surface area contributed by atoms with E-state index in [1.165, 1.54) is 0 Å². The number of nitrogens with one attached hydrogen (secondary N) is 1. The molecule has 27 heavy (non-hydrogen) atoms. The van der Waals surface area contributed by atoms with Gasteiger partial charge in [-0.3, -0.25) is 4.79 Å². The van der Waals surface area contributed by atoms with Gasteiger partial charge in [-0.15, -0.1) is 0 Å². The maximum atomic E-state index is 12.1. The van der Waals surface area contributed by atoms with Crippen LogP contribution in [0.4, 0.5) is 0 Å². The van der Waals surface area contributed by atoms with Crippen LogP contribution < -0.4 is 5.56 Å². The molecule has 0 amide bonds. The van der Waals surface area contributed by atoms with Gasteiger partial charge in [-0.2, -0.15) is 0 Å². The maximum absolute atomic E-state index is 12.1. The molecule has 1 unspecified atom stereocenters. The Balaban J connectivity index is 2.11. The van der Waals surface area contributed by atoms with Crippen molar-refractivity contribution in [1.29, 1.82) is 0 Å². The molecule has 10 nitrogen and oxygen atoms in total. The molecule has 1 aromatic heterocycles. The van der Waals surface area contributed by atoms with Crippen molar-refractivity contribution < 1.29 is 32.2 Å². The molecule has 2 rings (SSSR count). The van der Waals surface area contributed by atoms with Gasteiger partial charge in [0.25, 0.3) is 5.56 Å². The number of aromatic nitrogens is 2. The molecule has 0 radical (unpaired) electrons. The fourth-order valence-corrected chi connectivity index (χ4v) is 2.10. The summed E-state index contributed by atoms with van der Waals surface area (Å²) >= 11 is 0. The number of carbonyl (C=O) groups is 2. The third kappa shape index (κ3) is 6.99. The van der Waals surface area contributed by atoms with Gasteiger partial charge in [-0.25, -0.2) is 23.0 Å². The number of benzene rings is 1. The highest BCUT2D eigenvalue weighted by Crippen LogP contribution is 2.09. The van der Waals surface area contributed by atoms with Gasteiger partial charge >= 0.3 is 18.2 Å². The molecule has 144 valence electrons. The second-order valence-corrected chi connectivity index (χ2v) is 7.42. The first-order valence-corrected chi connectivity index (χ1v) is 9.56. The average molecular weight is 396 g/mol. The summed E-state index contributed by atoms with van der Waals surface area (Å²) < 4.78 is 37.0. The van der Waals surface area contributed by atoms with Crippen molar-refractivity contribution in [1.82, 2.24) is 9.97 Å². The lowest BCUT2D eigenvalue weighted by molar-refractivity contribution is -0.184. The summed E-state index contributed by atoms with van der Waals surface area (Å²) in [5.74, 6) is -3.23. The number of nitrogens with zero attached hydrogens (tertiary/aromatic N) is 1. The number of esters is 2. The number of rotatable bonds is 8. The van der Waals surface area contributed by atoms with Crippen LogP contribution in [0.2, 0.25) is 0 Å². The van der Waals surface area contributed by atoms with E-state index in [4.69, 9.17) is 9.47 Å². The van der Waals surface area contributed by atoms with E-state index in [-0.39, 0.29) is 12.3 Å². The molecule has 0 aliphatic heterocycles. The minimum atomic E-state index is -3.60. The van der Waals surface area contributed by atoms with Crippen molar-refractivity contribution >= 4 is 21.8 Å². The van der Waals surface area contributed by atoms with Crippen molar-refractivity contribution in [2.75, 3.05) is 12.2 Å². The summed E-state index contributed by atoms with van der Waals surface area (Å²) in [5.41, 5.74) is -0.287. The fourth-order valence-electron chi connectivity index (χ4n) is 1.77. The number of carbonyl (C=O) groups excluding carboxylic acids is 2. The lowest BCUT2D eigenvalue weighted by Crippen LogP contribution is -2.33. The van der Waals surface area contributed by atoms with Gasteiger partial charge in [0, 0.05) is 12.3 Å². The van der Waals surface area contributed by atoms with Gasteiger partial charge in [-0.05, 0) is 5.56 Å². The lowest BCUT2D eigenvalue weighted by atomic mass is 10.2. The van der Waals surface area contributed by atoms with Gasteiger partial charge in [0.05, 0.1) is 12.9 Å². The third-order valence-corrected chi connectivity index (χ3v) is 3.50. The Morgan fingerprint density at radius 3 is 2.56 bits per heavy atom. The molecular formula is C16H16N2O8S. The SMILES string of the molecule is CS(=O)(=O)COC(=O)C(OCc1ccccc1)OC(=O)c1cc(=O)[nH]cn1. The summed E-state index contributed by atoms with van der Waals surface area (Å²) in [7, 11) is -3.60. The molecule has 0 bridgehead atoms. The molecule has 11 heteroatoms. The van der Waals surface area contributed by atoms with Crippen molar-refractivity contribution in [2.24, 2.45) is 0 Å². The first kappa shape index (κ1) is 20.3. The topological polar surface area (TPSA) is 142 Å². The first-order chi connectivity index (χ1) is 12.7. The van der Waals surface area contributed by atoms with Crippen molar-refractivity contribution in [3.8, 4) is 0 Å². The molecule has 0 spiro atoms. The number of aromatic amines is 1. The Labute approximate surface area is 154 Å². The van der Waals surface area contributed by atoms with Crippen LogP contribution in [0.1, 0.15) is 16.1 Å². The quantitative estimate of drug-likeness (QED) is 0.482. The van der Waals surface area contributed by atoms with E-state index in [0.29, 0.717) is 5.56 Å². The minimum absolute atomic E-state index is 0.116. The first-order valence-electron chi connectivity index (χ1n) is 7.50. The van der Waals surface area contributed by atoms with Crippen molar-refractivity contribution in [3.63, 3.8) is 0 Å². The Bertz CT molecular complexity index is 956. The summed E-state index contributed by atoms with van der Waals surface area (Å²) in [5, 5.41) is 0. The van der Waals surface area contributed by atoms with Crippen LogP contribution in [0.25, 0.3) is 0 Å². The highest BCUT2D eigenvalue weighted by atomic mass is 32.2. The Morgan fingerprint density at radius 2 is 1.93 bits per heavy atom. The summed E-state index contributed by atoms with van der Waals surface area (Å²) in [6.45, 7) is -0.116. The molecule has 0 aliphatic rings. The number of hydrogen-bond acceptors (Lipinski definition) is 9. The van der Waals surface area contributed by atoms with Gasteiger partial charge < -0.3 is 19.2 Å². The number of sulfone groups is 1. The zero-order chi connectivity index (χ0) is 19.9. The monoisotopic (exact) mass is 396 g/mol. The highest BCUT2D eigenvalue weighted by molar-refractivity contribution is 7.90.